The predicted octanol–water partition coefficient (Wildman–Crippen LogP) is 23.3. The number of aliphatic hydroxyl groups excluding tert-OH is 1. The van der Waals surface area contributed by atoms with Crippen LogP contribution in [-0.2, 0) is 65.4 Å². The Morgan fingerprint density at radius 1 is 0.264 bits per heavy atom. The molecule has 0 heterocycles. The lowest BCUT2D eigenvalue weighted by Crippen LogP contribution is -2.30. The summed E-state index contributed by atoms with van der Waals surface area (Å²) in [6, 6.07) is 0. The maximum Gasteiger partial charge on any atom is 0.472 e. The number of carbonyl (C=O) groups is 4. The summed E-state index contributed by atoms with van der Waals surface area (Å²) in [7, 11) is -10.0. The molecule has 5 unspecified atom stereocenters. The molecule has 106 heavy (non-hydrogen) atoms. The standard InChI is InChI=1S/C87H138O17P2/c1-5-9-13-17-21-25-29-33-37-40-44-47-51-55-59-63-67-71-84(89)97-77-82(103-86(91)73-69-65-61-57-53-49-43-36-32-28-24-20-16-12-8-4)79-101-105(93,94)99-75-81(88)76-100-106(95,96)102-80-83(104-87(92)74-70-66-62-58-54-50-46-42-39-35-31-27-23-19-15-11-7-3)78-98-85(90)72-68-64-60-56-52-48-45-41-38-34-30-26-22-18-14-10-6-2/h9-16,21-28,33-39,43-45,47-48,53,56-57,60,81-83,88H,5-8,17-20,29-32,40-42,46,49-52,54-55,58-59,61-80H2,1-4H3,(H,93,94)(H,95,96)/b13-9-,14-10-,15-11-,16-12-,25-21-,26-22-,27-23-,28-24-,37-33-,38-34-,39-35-,43-36-,47-44-,48-45-,57-53-,60-56-. The normalized spacial score (nSPS) is 14.9. The van der Waals surface area contributed by atoms with Crippen LogP contribution in [0.1, 0.15) is 272 Å². The third-order valence-corrected chi connectivity index (χ3v) is 17.4. The largest absolute Gasteiger partial charge is 0.472 e. The molecule has 598 valence electrons. The lowest BCUT2D eigenvalue weighted by molar-refractivity contribution is -0.161. The van der Waals surface area contributed by atoms with Gasteiger partial charge in [-0.25, -0.2) is 9.13 Å². The van der Waals surface area contributed by atoms with Gasteiger partial charge in [0.25, 0.3) is 0 Å². The zero-order valence-corrected chi connectivity index (χ0v) is 67.1. The van der Waals surface area contributed by atoms with Crippen LogP contribution in [-0.4, -0.2) is 96.7 Å². The van der Waals surface area contributed by atoms with Gasteiger partial charge in [0.05, 0.1) is 26.4 Å². The summed E-state index contributed by atoms with van der Waals surface area (Å²) in [6.45, 7) is 4.24. The summed E-state index contributed by atoms with van der Waals surface area (Å²) in [5.41, 5.74) is 0. The topological polar surface area (TPSA) is 237 Å². The van der Waals surface area contributed by atoms with E-state index in [-0.39, 0.29) is 25.7 Å². The Morgan fingerprint density at radius 2 is 0.472 bits per heavy atom. The van der Waals surface area contributed by atoms with E-state index in [9.17, 15) is 43.2 Å². The molecule has 0 saturated carbocycles. The highest BCUT2D eigenvalue weighted by Gasteiger charge is 2.30. The summed E-state index contributed by atoms with van der Waals surface area (Å²) >= 11 is 0. The van der Waals surface area contributed by atoms with E-state index in [2.05, 4.69) is 210 Å². The van der Waals surface area contributed by atoms with Crippen molar-refractivity contribution in [1.82, 2.24) is 0 Å². The number of esters is 4. The highest BCUT2D eigenvalue weighted by atomic mass is 31.2. The van der Waals surface area contributed by atoms with E-state index in [4.69, 9.17) is 37.0 Å². The number of phosphoric ester groups is 2. The number of allylic oxidation sites excluding steroid dienone is 32. The highest BCUT2D eigenvalue weighted by molar-refractivity contribution is 7.47. The molecule has 0 spiro atoms. The molecule has 0 saturated heterocycles. The van der Waals surface area contributed by atoms with Crippen molar-refractivity contribution in [3.05, 3.63) is 194 Å². The van der Waals surface area contributed by atoms with Gasteiger partial charge in [0.1, 0.15) is 19.3 Å². The summed E-state index contributed by atoms with van der Waals surface area (Å²) < 4.78 is 68.5. The second-order valence-electron chi connectivity index (χ2n) is 25.5. The quantitative estimate of drug-likeness (QED) is 0.0169. The Balaban J connectivity index is 5.51. The van der Waals surface area contributed by atoms with Crippen LogP contribution < -0.4 is 0 Å². The second kappa shape index (κ2) is 77.1. The second-order valence-corrected chi connectivity index (χ2v) is 28.4. The van der Waals surface area contributed by atoms with Crippen molar-refractivity contribution in [2.75, 3.05) is 39.6 Å². The van der Waals surface area contributed by atoms with E-state index in [1.54, 1.807) is 0 Å². The maximum absolute atomic E-state index is 13.1. The fourth-order valence-electron chi connectivity index (χ4n) is 9.66. The van der Waals surface area contributed by atoms with Crippen LogP contribution in [0.4, 0.5) is 0 Å². The van der Waals surface area contributed by atoms with Gasteiger partial charge in [-0.05, 0) is 173 Å². The summed E-state index contributed by atoms with van der Waals surface area (Å²) in [6.07, 6.45) is 94.2. The van der Waals surface area contributed by atoms with Crippen molar-refractivity contribution in [3.63, 3.8) is 0 Å². The number of hydrogen-bond acceptors (Lipinski definition) is 15. The number of unbranched alkanes of at least 4 members (excludes halogenated alkanes) is 14. The smallest absolute Gasteiger partial charge is 0.462 e. The van der Waals surface area contributed by atoms with Crippen molar-refractivity contribution < 1.29 is 80.2 Å². The number of aliphatic hydroxyl groups is 1. The SMILES string of the molecule is CC/C=C\C/C=C\C/C=C\C/C=C\C/C=C\CCCC(=O)OCC(COP(=O)(O)OCC(O)COP(=O)(O)OCC(COC(=O)CCCCCC/C=C\C/C=C\C/C=C\C/C=C\CC)OC(=O)CCCC/C=C\C/C=C\C/C=C\C/C=C\CC)OC(=O)CCCCCCCCC/C=C\C/C=C\C/C=C\CC. The van der Waals surface area contributed by atoms with Crippen molar-refractivity contribution in [3.8, 4) is 0 Å². The van der Waals surface area contributed by atoms with Crippen molar-refractivity contribution in [1.29, 1.82) is 0 Å². The first kappa shape index (κ1) is 99.9. The monoisotopic (exact) mass is 1520 g/mol. The molecule has 3 N–H and O–H groups in total. The van der Waals surface area contributed by atoms with Gasteiger partial charge in [-0.15, -0.1) is 0 Å². The minimum absolute atomic E-state index is 0.0278. The molecule has 0 amide bonds. The maximum atomic E-state index is 13.1. The Hall–Kier alpha value is -6.10. The Bertz CT molecular complexity index is 2780. The minimum atomic E-state index is -5.01. The Morgan fingerprint density at radius 3 is 0.764 bits per heavy atom. The van der Waals surface area contributed by atoms with Crippen LogP contribution in [0, 0.1) is 0 Å². The molecule has 0 fully saturated rings. The van der Waals surface area contributed by atoms with Gasteiger partial charge >= 0.3 is 39.5 Å². The van der Waals surface area contributed by atoms with Crippen LogP contribution in [0.3, 0.4) is 0 Å². The summed E-state index contributed by atoms with van der Waals surface area (Å²) in [4.78, 5) is 73.0. The summed E-state index contributed by atoms with van der Waals surface area (Å²) in [5, 5.41) is 10.6. The van der Waals surface area contributed by atoms with E-state index in [0.29, 0.717) is 38.5 Å². The molecule has 0 aromatic rings. The van der Waals surface area contributed by atoms with Crippen LogP contribution in [0.2, 0.25) is 0 Å². The van der Waals surface area contributed by atoms with Gasteiger partial charge in [-0.1, -0.05) is 267 Å². The molecule has 0 aromatic carbocycles. The molecule has 19 heteroatoms. The van der Waals surface area contributed by atoms with E-state index in [1.807, 2.05) is 12.2 Å². The molecule has 0 aliphatic rings. The van der Waals surface area contributed by atoms with Crippen molar-refractivity contribution >= 4 is 39.5 Å². The van der Waals surface area contributed by atoms with Crippen LogP contribution in [0.5, 0.6) is 0 Å². The van der Waals surface area contributed by atoms with Crippen molar-refractivity contribution in [2.24, 2.45) is 0 Å². The van der Waals surface area contributed by atoms with Gasteiger partial charge in [0.2, 0.25) is 0 Å². The number of ether oxygens (including phenoxy) is 4. The third-order valence-electron chi connectivity index (χ3n) is 15.5. The average molecular weight is 1520 g/mol. The Kier molecular flexibility index (Phi) is 72.6. The molecule has 5 atom stereocenters. The summed E-state index contributed by atoms with van der Waals surface area (Å²) in [5.74, 6) is -2.35. The van der Waals surface area contributed by atoms with Crippen LogP contribution >= 0.6 is 15.6 Å². The molecular formula is C87H138O17P2. The number of phosphoric acid groups is 2. The van der Waals surface area contributed by atoms with Gasteiger partial charge in [-0.3, -0.25) is 37.3 Å². The third kappa shape index (κ3) is 76.1. The van der Waals surface area contributed by atoms with Gasteiger partial charge in [-0.2, -0.15) is 0 Å². The first-order valence-corrected chi connectivity index (χ1v) is 42.7. The molecule has 0 radical (unpaired) electrons. The lowest BCUT2D eigenvalue weighted by atomic mass is 10.1. The fourth-order valence-corrected chi connectivity index (χ4v) is 11.2. The minimum Gasteiger partial charge on any atom is -0.462 e. The molecule has 0 bridgehead atoms. The molecule has 0 aliphatic carbocycles. The van der Waals surface area contributed by atoms with Gasteiger partial charge in [0.15, 0.2) is 12.2 Å². The van der Waals surface area contributed by atoms with E-state index in [1.165, 1.54) is 0 Å². The number of hydrogen-bond donors (Lipinski definition) is 3. The number of rotatable bonds is 72. The Labute approximate surface area is 640 Å². The van der Waals surface area contributed by atoms with E-state index in [0.717, 1.165) is 180 Å². The molecule has 17 nitrogen and oxygen atoms in total. The fraction of sp³-hybridized carbons (Fsp3) is 0.586. The zero-order valence-electron chi connectivity index (χ0n) is 65.3. The molecular weight excluding hydrogens is 1380 g/mol. The average Bonchev–Trinajstić information content (AvgIpc) is 0.902. The first-order chi connectivity index (χ1) is 51.7. The lowest BCUT2D eigenvalue weighted by Gasteiger charge is -2.21. The van der Waals surface area contributed by atoms with E-state index >= 15 is 0 Å². The highest BCUT2D eigenvalue weighted by Crippen LogP contribution is 2.45. The zero-order chi connectivity index (χ0) is 77.4. The van der Waals surface area contributed by atoms with E-state index < -0.39 is 97.5 Å². The van der Waals surface area contributed by atoms with Gasteiger partial charge in [0, 0.05) is 25.7 Å². The predicted molar refractivity (Wildman–Crippen MR) is 436 cm³/mol. The van der Waals surface area contributed by atoms with Crippen molar-refractivity contribution in [2.45, 2.75) is 290 Å². The first-order valence-electron chi connectivity index (χ1n) is 39.7. The number of carbonyl (C=O) groups excluding carboxylic acids is 4. The molecule has 0 aliphatic heterocycles. The molecule has 0 rings (SSSR count). The molecule has 0 aromatic heterocycles. The van der Waals surface area contributed by atoms with Gasteiger partial charge < -0.3 is 33.8 Å². The van der Waals surface area contributed by atoms with Crippen LogP contribution in [0.15, 0.2) is 194 Å². The van der Waals surface area contributed by atoms with Crippen LogP contribution in [0.25, 0.3) is 0 Å².